The monoisotopic (exact) mass is 1530 g/mol. The predicted octanol–water partition coefficient (Wildman–Crippen LogP) is 17.4. The number of aromatic carboxylic acids is 1. The fourth-order valence-corrected chi connectivity index (χ4v) is 11.4. The first-order valence-corrected chi connectivity index (χ1v) is 33.8. The molecule has 21 nitrogen and oxygen atoms in total. The second-order valence-corrected chi connectivity index (χ2v) is 25.9. The van der Waals surface area contributed by atoms with Crippen LogP contribution in [0.25, 0.3) is 20.7 Å². The van der Waals surface area contributed by atoms with Gasteiger partial charge in [-0.1, -0.05) is 98.9 Å². The van der Waals surface area contributed by atoms with Crippen molar-refractivity contribution >= 4 is 142 Å². The van der Waals surface area contributed by atoms with Crippen molar-refractivity contribution in [2.24, 2.45) is 0 Å². The van der Waals surface area contributed by atoms with Gasteiger partial charge in [0.2, 0.25) is 0 Å². The highest BCUT2D eigenvalue weighted by molar-refractivity contribution is 9.09. The number of rotatable bonds is 14. The molecule has 10 aromatic rings. The number of fused-ring (bicyclic) bond motifs is 2. The summed E-state index contributed by atoms with van der Waals surface area (Å²) in [5, 5.41) is 54.2. The van der Waals surface area contributed by atoms with E-state index >= 15 is 0 Å². The van der Waals surface area contributed by atoms with Crippen molar-refractivity contribution in [3.63, 3.8) is 0 Å². The smallest absolute Gasteiger partial charge is 0.337 e. The molecular formula is C77H77BrCl2N12O9S2. The largest absolute Gasteiger partial charge is 0.478 e. The van der Waals surface area contributed by atoms with E-state index in [-0.39, 0.29) is 75.3 Å². The number of halogens is 3. The van der Waals surface area contributed by atoms with Gasteiger partial charge in [-0.15, -0.1) is 46.7 Å². The number of anilines is 4. The average Bonchev–Trinajstić information content (AvgIpc) is 1.64. The van der Waals surface area contributed by atoms with E-state index in [0.29, 0.717) is 71.8 Å². The molecule has 0 spiro atoms. The summed E-state index contributed by atoms with van der Waals surface area (Å²) in [6.07, 6.45) is 11.8. The lowest BCUT2D eigenvalue weighted by molar-refractivity contribution is 0.0591. The zero-order valence-electron chi connectivity index (χ0n) is 54.4. The van der Waals surface area contributed by atoms with Gasteiger partial charge in [0, 0.05) is 64.3 Å². The number of nitrogen functional groups attached to an aromatic ring is 1. The normalized spacial score (nSPS) is 12.6. The number of hydrogen-bond acceptors (Lipinski definition) is 19. The van der Waals surface area contributed by atoms with Crippen LogP contribution in [0.5, 0.6) is 0 Å². The fourth-order valence-electron chi connectivity index (χ4n) is 9.70. The number of hydrogen-bond donors (Lipinski definition) is 5. The molecule has 532 valence electrons. The number of amides is 3. The number of nitrogens with zero attached hydrogens (tertiary/aromatic N) is 8. The van der Waals surface area contributed by atoms with Crippen LogP contribution in [-0.4, -0.2) is 86.1 Å². The van der Waals surface area contributed by atoms with Gasteiger partial charge in [-0.3, -0.25) is 24.4 Å². The van der Waals surface area contributed by atoms with E-state index in [1.54, 1.807) is 140 Å². The Labute approximate surface area is 626 Å². The molecule has 13 rings (SSSR count). The number of alkyl halides is 2. The van der Waals surface area contributed by atoms with E-state index in [1.165, 1.54) is 36.9 Å². The van der Waals surface area contributed by atoms with Crippen LogP contribution in [0.2, 0.25) is 0 Å². The van der Waals surface area contributed by atoms with Gasteiger partial charge in [-0.2, -0.15) is 21.0 Å². The van der Waals surface area contributed by atoms with Crippen LogP contribution >= 0.6 is 62.6 Å². The lowest BCUT2D eigenvalue weighted by Gasteiger charge is -2.12. The van der Waals surface area contributed by atoms with Gasteiger partial charge in [0.15, 0.2) is 0 Å². The minimum Gasteiger partial charge on any atom is -0.478 e. The number of ether oxygens (including phenoxy) is 2. The molecule has 3 aliphatic rings. The van der Waals surface area contributed by atoms with E-state index in [0.717, 1.165) is 87.6 Å². The maximum atomic E-state index is 12.8. The van der Waals surface area contributed by atoms with Gasteiger partial charge in [-0.25, -0.2) is 24.4 Å². The Morgan fingerprint density at radius 2 is 0.942 bits per heavy atom. The van der Waals surface area contributed by atoms with Crippen molar-refractivity contribution in [1.82, 2.24) is 19.9 Å². The van der Waals surface area contributed by atoms with Crippen LogP contribution in [0.3, 0.4) is 0 Å². The van der Waals surface area contributed by atoms with Gasteiger partial charge in [0.25, 0.3) is 17.7 Å². The van der Waals surface area contributed by atoms with Crippen LogP contribution in [-0.2, 0) is 32.1 Å². The molecule has 3 fully saturated rings. The highest BCUT2D eigenvalue weighted by atomic mass is 79.9. The van der Waals surface area contributed by atoms with Crippen LogP contribution in [0.4, 0.5) is 22.7 Å². The van der Waals surface area contributed by atoms with E-state index in [4.69, 9.17) is 38.2 Å². The van der Waals surface area contributed by atoms with Crippen molar-refractivity contribution < 1.29 is 43.3 Å². The summed E-state index contributed by atoms with van der Waals surface area (Å²) < 4.78 is 9.18. The molecule has 3 amide bonds. The molecule has 103 heavy (non-hydrogen) atoms. The van der Waals surface area contributed by atoms with Crippen molar-refractivity contribution in [3.8, 4) is 24.3 Å². The lowest BCUT2D eigenvalue weighted by Crippen LogP contribution is -2.15. The second-order valence-electron chi connectivity index (χ2n) is 22.7. The molecule has 26 heteroatoms. The van der Waals surface area contributed by atoms with Crippen LogP contribution in [0, 0.1) is 59.2 Å². The Hall–Kier alpha value is -11.0. The Bertz CT molecular complexity index is 4770. The molecule has 4 heterocycles. The minimum absolute atomic E-state index is 0. The standard InChI is InChI=1S/C25H19N5O2S.C14H12N4OS.C12H11NO2.C11H9NO2.C10H9NO2.C2H4BrCl.3CH4.ClH/c1-15-5-6-18(29-22(31)16-3-2-4-17(11-16)25(14-26)7-8-25)12-19(15)30-23(32)21-13-20-24(33-21)28-10-9-27-20;1-8-2-3-9(15)6-10(8)18-13(19)12-7-11-14(20-12)17-5-4-16-11;1-15-11(14)9-3-2-4-10(7-9)12(8-13)5-6-12;12-7-11(4-5-11)9-3-1-2-8(6-9)10(13)14;1-13-10(12)9-4-2-3-8(7-9)5-6-11;3-1-2-4;;;;/h2-6,9-13H,7-8H2,1H3,(H,29,31)(H,30,32);2-7H,15H2,1H3,(H,18,19);2-4,7H,5-6H2,1H3;1-3,6H,4-5H2,(H,13,14);2-4,7H,5H2,1H3;1-2H2;3*1H4;1H. The number of carboxylic acid groups (broad SMARTS) is 1. The minimum atomic E-state index is -0.944. The molecule has 0 atom stereocenters. The number of carbonyl (C=O) groups excluding carboxylic acids is 5. The number of benzene rings is 6. The Morgan fingerprint density at radius 1 is 0.544 bits per heavy atom. The zero-order valence-corrected chi connectivity index (χ0v) is 59.2. The zero-order chi connectivity index (χ0) is 71.3. The van der Waals surface area contributed by atoms with Crippen LogP contribution < -0.4 is 21.7 Å². The molecule has 4 aromatic heterocycles. The fraction of sp³-hybridized carbons (Fsp3) is 0.247. The number of carboxylic acids is 1. The first-order valence-electron chi connectivity index (χ1n) is 30.5. The number of thiophene rings is 2. The van der Waals surface area contributed by atoms with Crippen molar-refractivity contribution in [2.75, 3.05) is 47.1 Å². The quantitative estimate of drug-likeness (QED) is 0.0383. The molecule has 3 aliphatic carbocycles. The third kappa shape index (κ3) is 22.5. The van der Waals surface area contributed by atoms with Gasteiger partial charge in [0.05, 0.1) is 87.6 Å². The summed E-state index contributed by atoms with van der Waals surface area (Å²) in [5.74, 6) is -1.67. The third-order valence-electron chi connectivity index (χ3n) is 15.8. The first-order chi connectivity index (χ1) is 47.7. The number of nitrogens with two attached hydrogens (primary N) is 1. The Balaban J connectivity index is 0.000000280. The lowest BCUT2D eigenvalue weighted by atomic mass is 9.96. The van der Waals surface area contributed by atoms with E-state index in [9.17, 15) is 34.0 Å². The predicted molar refractivity (Wildman–Crippen MR) is 412 cm³/mol. The van der Waals surface area contributed by atoms with Crippen LogP contribution in [0.1, 0.15) is 155 Å². The number of nitriles is 4. The molecule has 0 saturated heterocycles. The Morgan fingerprint density at radius 3 is 1.36 bits per heavy atom. The molecule has 6 N–H and O–H groups in total. The van der Waals surface area contributed by atoms with E-state index in [2.05, 4.69) is 79.5 Å². The molecule has 0 unspecified atom stereocenters. The molecule has 6 aromatic carbocycles. The molecular weight excluding hydrogens is 1450 g/mol. The van der Waals surface area contributed by atoms with Crippen molar-refractivity contribution in [1.29, 1.82) is 21.0 Å². The van der Waals surface area contributed by atoms with Gasteiger partial charge < -0.3 is 36.3 Å². The molecule has 0 aliphatic heterocycles. The number of carbonyl (C=O) groups is 6. The molecule has 0 bridgehead atoms. The third-order valence-corrected chi connectivity index (χ3v) is 18.9. The first kappa shape index (κ1) is 84.5. The number of aromatic nitrogens is 4. The number of nitrogens with one attached hydrogen (secondary N) is 3. The summed E-state index contributed by atoms with van der Waals surface area (Å²) in [7, 11) is 2.69. The summed E-state index contributed by atoms with van der Waals surface area (Å²) in [4.78, 5) is 90.3. The summed E-state index contributed by atoms with van der Waals surface area (Å²) in [6.45, 7) is 3.80. The van der Waals surface area contributed by atoms with Crippen molar-refractivity contribution in [3.05, 3.63) is 236 Å². The maximum Gasteiger partial charge on any atom is 0.337 e. The number of methoxy groups -OCH3 is 2. The maximum absolute atomic E-state index is 12.8. The summed E-state index contributed by atoms with van der Waals surface area (Å²) in [6, 6.07) is 51.0. The second kappa shape index (κ2) is 39.3. The van der Waals surface area contributed by atoms with Crippen LogP contribution in [0.15, 0.2) is 170 Å². The Kier molecular flexibility index (Phi) is 32.2. The van der Waals surface area contributed by atoms with Gasteiger partial charge >= 0.3 is 17.9 Å². The van der Waals surface area contributed by atoms with Crippen molar-refractivity contribution in [2.45, 2.75) is 97.3 Å². The number of aryl methyl sites for hydroxylation is 2. The topological polar surface area (TPSA) is 350 Å². The number of esters is 2. The average molecular weight is 1530 g/mol. The summed E-state index contributed by atoms with van der Waals surface area (Å²) >= 11 is 10.8. The molecule has 0 radical (unpaired) electrons. The van der Waals surface area contributed by atoms with E-state index in [1.807, 2.05) is 50.2 Å². The van der Waals surface area contributed by atoms with Gasteiger partial charge in [-0.05, 0) is 171 Å². The summed E-state index contributed by atoms with van der Waals surface area (Å²) in [5.41, 5.74) is 15.5. The van der Waals surface area contributed by atoms with Gasteiger partial charge in [0.1, 0.15) is 20.7 Å². The van der Waals surface area contributed by atoms with E-state index < -0.39 is 16.8 Å². The SMILES string of the molecule is C.C.C.COC(=O)c1cccc(C2(C#N)CC2)c1.COC(=O)c1cccc(CC#N)c1.Cc1ccc(N)cc1NC(=O)c1cc2nccnc2s1.Cc1ccc(NC(=O)c2cccc(C3(C#N)CC3)c2)cc1NC(=O)c1cc2nccnc2s1.Cl.ClCCBr.N#CC1(c2cccc(C(=O)O)c2)CC1. The highest BCUT2D eigenvalue weighted by Gasteiger charge is 2.46. The highest BCUT2D eigenvalue weighted by Crippen LogP contribution is 2.49. The molecule has 3 saturated carbocycles.